The lowest BCUT2D eigenvalue weighted by molar-refractivity contribution is -0.384. The Bertz CT molecular complexity index is 737. The maximum Gasteiger partial charge on any atom is 0.271 e. The van der Waals surface area contributed by atoms with E-state index < -0.39 is 14.9 Å². The van der Waals surface area contributed by atoms with Crippen LogP contribution in [0.4, 0.5) is 11.4 Å². The fraction of sp³-hybridized carbons (Fsp3) is 0.167. The molecule has 0 amide bonds. The standard InChI is InChI=1S/C12H12N2O4S2/c1-2-11-6-7-12(19-11)20(17,18)13-9-4-3-5-10(8-9)14(15)16/h3-8,13H,2H2,1H3. The van der Waals surface area contributed by atoms with Gasteiger partial charge in [0.25, 0.3) is 15.7 Å². The van der Waals surface area contributed by atoms with Crippen LogP contribution in [-0.2, 0) is 16.4 Å². The molecule has 1 N–H and O–H groups in total. The normalized spacial score (nSPS) is 11.2. The molecule has 0 bridgehead atoms. The number of hydrogen-bond donors (Lipinski definition) is 1. The van der Waals surface area contributed by atoms with E-state index in [0.717, 1.165) is 11.3 Å². The highest BCUT2D eigenvalue weighted by atomic mass is 32.2. The Morgan fingerprint density at radius 3 is 2.65 bits per heavy atom. The third-order valence-electron chi connectivity index (χ3n) is 2.56. The van der Waals surface area contributed by atoms with Crippen molar-refractivity contribution < 1.29 is 13.3 Å². The van der Waals surface area contributed by atoms with Gasteiger partial charge in [0.05, 0.1) is 10.6 Å². The zero-order valence-electron chi connectivity index (χ0n) is 10.6. The predicted octanol–water partition coefficient (Wildman–Crippen LogP) is 3.02. The lowest BCUT2D eigenvalue weighted by atomic mass is 10.3. The molecule has 1 heterocycles. The summed E-state index contributed by atoms with van der Waals surface area (Å²) in [5.41, 5.74) is 0.0104. The second kappa shape index (κ2) is 5.59. The highest BCUT2D eigenvalue weighted by Gasteiger charge is 2.17. The molecule has 6 nitrogen and oxygen atoms in total. The fourth-order valence-corrected chi connectivity index (χ4v) is 3.93. The Morgan fingerprint density at radius 1 is 1.30 bits per heavy atom. The highest BCUT2D eigenvalue weighted by Crippen LogP contribution is 2.25. The van der Waals surface area contributed by atoms with Gasteiger partial charge in [-0.15, -0.1) is 11.3 Å². The van der Waals surface area contributed by atoms with E-state index in [4.69, 9.17) is 0 Å². The average molecular weight is 312 g/mol. The topological polar surface area (TPSA) is 89.3 Å². The maximum atomic E-state index is 12.1. The first-order valence-corrected chi connectivity index (χ1v) is 8.08. The molecule has 0 aliphatic rings. The van der Waals surface area contributed by atoms with E-state index in [-0.39, 0.29) is 15.6 Å². The lowest BCUT2D eigenvalue weighted by Gasteiger charge is -2.05. The summed E-state index contributed by atoms with van der Waals surface area (Å²) in [6.07, 6.45) is 0.761. The lowest BCUT2D eigenvalue weighted by Crippen LogP contribution is -2.11. The number of anilines is 1. The molecule has 0 saturated heterocycles. The molecule has 0 spiro atoms. The Balaban J connectivity index is 2.28. The largest absolute Gasteiger partial charge is 0.279 e. The minimum absolute atomic E-state index is 0.161. The van der Waals surface area contributed by atoms with Gasteiger partial charge in [-0.25, -0.2) is 8.42 Å². The van der Waals surface area contributed by atoms with Gasteiger partial charge in [-0.2, -0.15) is 0 Å². The van der Waals surface area contributed by atoms with E-state index >= 15 is 0 Å². The second-order valence-electron chi connectivity index (χ2n) is 3.99. The van der Waals surface area contributed by atoms with Gasteiger partial charge in [0.1, 0.15) is 4.21 Å². The Morgan fingerprint density at radius 2 is 2.05 bits per heavy atom. The van der Waals surface area contributed by atoms with Gasteiger partial charge < -0.3 is 0 Å². The smallest absolute Gasteiger partial charge is 0.271 e. The molecule has 1 aromatic heterocycles. The van der Waals surface area contributed by atoms with E-state index in [1.807, 2.05) is 6.92 Å². The van der Waals surface area contributed by atoms with Gasteiger partial charge in [-0.1, -0.05) is 13.0 Å². The first-order chi connectivity index (χ1) is 9.42. The molecule has 0 radical (unpaired) electrons. The highest BCUT2D eigenvalue weighted by molar-refractivity contribution is 7.94. The number of non-ortho nitro benzene ring substituents is 1. The molecule has 2 aromatic rings. The van der Waals surface area contributed by atoms with Crippen LogP contribution >= 0.6 is 11.3 Å². The first kappa shape index (κ1) is 14.5. The number of nitro benzene ring substituents is 1. The fourth-order valence-electron chi connectivity index (χ4n) is 1.58. The van der Waals surface area contributed by atoms with Crippen molar-refractivity contribution >= 4 is 32.7 Å². The molecule has 1 aromatic carbocycles. The molecule has 0 aliphatic carbocycles. The number of nitrogens with zero attached hydrogens (tertiary/aromatic N) is 1. The number of nitrogens with one attached hydrogen (secondary N) is 1. The third-order valence-corrected chi connectivity index (χ3v) is 5.66. The van der Waals surface area contributed by atoms with E-state index in [0.29, 0.717) is 0 Å². The minimum atomic E-state index is -3.70. The Labute approximate surface area is 120 Å². The van der Waals surface area contributed by atoms with Crippen LogP contribution in [-0.4, -0.2) is 13.3 Å². The van der Waals surface area contributed by atoms with Crippen molar-refractivity contribution in [3.8, 4) is 0 Å². The summed E-state index contributed by atoms with van der Waals surface area (Å²) >= 11 is 1.19. The van der Waals surface area contributed by atoms with Crippen LogP contribution in [0.1, 0.15) is 11.8 Å². The zero-order valence-corrected chi connectivity index (χ0v) is 12.2. The van der Waals surface area contributed by atoms with Crippen LogP contribution in [0.3, 0.4) is 0 Å². The van der Waals surface area contributed by atoms with Crippen LogP contribution in [0.2, 0.25) is 0 Å². The molecule has 0 atom stereocenters. The average Bonchev–Trinajstić information content (AvgIpc) is 2.88. The van der Waals surface area contributed by atoms with Crippen LogP contribution in [0, 0.1) is 10.1 Å². The Hall–Kier alpha value is -1.93. The van der Waals surface area contributed by atoms with Gasteiger partial charge in [0.2, 0.25) is 0 Å². The summed E-state index contributed by atoms with van der Waals surface area (Å²) in [5, 5.41) is 10.7. The predicted molar refractivity (Wildman–Crippen MR) is 77.6 cm³/mol. The number of thiophene rings is 1. The number of aryl methyl sites for hydroxylation is 1. The number of hydrogen-bond acceptors (Lipinski definition) is 5. The number of benzene rings is 1. The summed E-state index contributed by atoms with van der Waals surface area (Å²) < 4.78 is 26.8. The van der Waals surface area contributed by atoms with Crippen molar-refractivity contribution in [2.75, 3.05) is 4.72 Å². The molecule has 20 heavy (non-hydrogen) atoms. The maximum absolute atomic E-state index is 12.1. The molecule has 0 saturated carbocycles. The van der Waals surface area contributed by atoms with Crippen molar-refractivity contribution in [1.29, 1.82) is 0 Å². The second-order valence-corrected chi connectivity index (χ2v) is 7.06. The van der Waals surface area contributed by atoms with Crippen LogP contribution in [0.5, 0.6) is 0 Å². The van der Waals surface area contributed by atoms with Crippen LogP contribution in [0.15, 0.2) is 40.6 Å². The minimum Gasteiger partial charge on any atom is -0.279 e. The molecule has 2 rings (SSSR count). The van der Waals surface area contributed by atoms with Gasteiger partial charge in [-0.05, 0) is 24.6 Å². The van der Waals surface area contributed by atoms with Crippen molar-refractivity contribution in [2.45, 2.75) is 17.6 Å². The molecular formula is C12H12N2O4S2. The zero-order chi connectivity index (χ0) is 14.8. The molecule has 0 unspecified atom stereocenters. The van der Waals surface area contributed by atoms with E-state index in [2.05, 4.69) is 4.72 Å². The van der Waals surface area contributed by atoms with Gasteiger partial charge in [0, 0.05) is 17.0 Å². The summed E-state index contributed by atoms with van der Waals surface area (Å²) in [6, 6.07) is 8.68. The van der Waals surface area contributed by atoms with Crippen molar-refractivity contribution in [1.82, 2.24) is 0 Å². The summed E-state index contributed by atoms with van der Waals surface area (Å²) in [4.78, 5) is 11.1. The van der Waals surface area contributed by atoms with Gasteiger partial charge >= 0.3 is 0 Å². The summed E-state index contributed by atoms with van der Waals surface area (Å²) in [6.45, 7) is 1.94. The third kappa shape index (κ3) is 3.14. The number of nitro groups is 1. The summed E-state index contributed by atoms with van der Waals surface area (Å²) in [5.74, 6) is 0. The van der Waals surface area contributed by atoms with E-state index in [9.17, 15) is 18.5 Å². The van der Waals surface area contributed by atoms with E-state index in [1.165, 1.54) is 41.7 Å². The van der Waals surface area contributed by atoms with Gasteiger partial charge in [-0.3, -0.25) is 14.8 Å². The molecule has 8 heteroatoms. The SMILES string of the molecule is CCc1ccc(S(=O)(=O)Nc2cccc([N+](=O)[O-])c2)s1. The van der Waals surface area contributed by atoms with Crippen molar-refractivity contribution in [3.63, 3.8) is 0 Å². The summed E-state index contributed by atoms with van der Waals surface area (Å²) in [7, 11) is -3.70. The quantitative estimate of drug-likeness (QED) is 0.679. The molecule has 0 fully saturated rings. The van der Waals surface area contributed by atoms with E-state index in [1.54, 1.807) is 6.07 Å². The van der Waals surface area contributed by atoms with Crippen LogP contribution < -0.4 is 4.72 Å². The van der Waals surface area contributed by atoms with Gasteiger partial charge in [0.15, 0.2) is 0 Å². The van der Waals surface area contributed by atoms with Crippen molar-refractivity contribution in [3.05, 3.63) is 51.4 Å². The van der Waals surface area contributed by atoms with Crippen LogP contribution in [0.25, 0.3) is 0 Å². The number of sulfonamides is 1. The molecule has 106 valence electrons. The molecular weight excluding hydrogens is 300 g/mol. The number of rotatable bonds is 5. The molecule has 0 aliphatic heterocycles. The van der Waals surface area contributed by atoms with Crippen molar-refractivity contribution in [2.24, 2.45) is 0 Å². The monoisotopic (exact) mass is 312 g/mol. The Kier molecular flexibility index (Phi) is 4.05. The first-order valence-electron chi connectivity index (χ1n) is 5.78.